The number of likely N-dealkylation sites (tertiary alicyclic amines) is 1. The van der Waals surface area contributed by atoms with E-state index in [1.807, 2.05) is 41.9 Å². The molecule has 1 saturated heterocycles. The number of nitrogens with one attached hydrogen (secondary N) is 1. The molecule has 8 nitrogen and oxygen atoms in total. The first-order valence-corrected chi connectivity index (χ1v) is 11.2. The third-order valence-electron chi connectivity index (χ3n) is 6.26. The van der Waals surface area contributed by atoms with Crippen LogP contribution in [0.3, 0.4) is 0 Å². The van der Waals surface area contributed by atoms with Crippen molar-refractivity contribution in [2.45, 2.75) is 31.5 Å². The summed E-state index contributed by atoms with van der Waals surface area (Å²) in [4.78, 5) is 14.8. The molecular formula is C24H27F3N6O2. The van der Waals surface area contributed by atoms with E-state index in [9.17, 15) is 13.2 Å². The summed E-state index contributed by atoms with van der Waals surface area (Å²) in [6.45, 7) is 3.17. The Kier molecular flexibility index (Phi) is 6.97. The number of aromatic amines is 1. The van der Waals surface area contributed by atoms with Gasteiger partial charge in [0.25, 0.3) is 0 Å². The topological polar surface area (TPSA) is 92.0 Å². The number of alkyl halides is 3. The van der Waals surface area contributed by atoms with Crippen LogP contribution in [0.2, 0.25) is 0 Å². The number of aromatic nitrogens is 5. The summed E-state index contributed by atoms with van der Waals surface area (Å²) in [5.74, 6) is -2.12. The fraction of sp³-hybridized carbons (Fsp3) is 0.375. The highest BCUT2D eigenvalue weighted by molar-refractivity contribution is 5.83. The van der Waals surface area contributed by atoms with Crippen molar-refractivity contribution in [2.24, 2.45) is 14.1 Å². The second-order valence-electron chi connectivity index (χ2n) is 8.66. The van der Waals surface area contributed by atoms with Crippen LogP contribution < -0.4 is 0 Å². The van der Waals surface area contributed by atoms with E-state index >= 15 is 0 Å². The Morgan fingerprint density at radius 1 is 1.17 bits per heavy atom. The van der Waals surface area contributed by atoms with Gasteiger partial charge in [0.05, 0.1) is 5.69 Å². The van der Waals surface area contributed by atoms with Crippen LogP contribution in [0.5, 0.6) is 0 Å². The van der Waals surface area contributed by atoms with Gasteiger partial charge in [-0.25, -0.2) is 4.79 Å². The summed E-state index contributed by atoms with van der Waals surface area (Å²) >= 11 is 0. The van der Waals surface area contributed by atoms with Crippen molar-refractivity contribution in [3.63, 3.8) is 0 Å². The minimum atomic E-state index is -5.08. The second-order valence-corrected chi connectivity index (χ2v) is 8.66. The average molecular weight is 489 g/mol. The van der Waals surface area contributed by atoms with Crippen molar-refractivity contribution in [1.29, 1.82) is 0 Å². The Bertz CT molecular complexity index is 1300. The fourth-order valence-corrected chi connectivity index (χ4v) is 4.58. The lowest BCUT2D eigenvalue weighted by Crippen LogP contribution is -2.32. The van der Waals surface area contributed by atoms with Gasteiger partial charge in [-0.05, 0) is 55.6 Å². The van der Waals surface area contributed by atoms with E-state index in [-0.39, 0.29) is 0 Å². The van der Waals surface area contributed by atoms with Gasteiger partial charge in [-0.3, -0.25) is 14.3 Å². The number of nitrogens with zero attached hydrogens (tertiary/aromatic N) is 5. The van der Waals surface area contributed by atoms with Crippen molar-refractivity contribution in [1.82, 2.24) is 29.4 Å². The quantitative estimate of drug-likeness (QED) is 0.447. The zero-order valence-corrected chi connectivity index (χ0v) is 19.5. The molecule has 0 amide bonds. The third kappa shape index (κ3) is 5.56. The number of carboxylic acid groups (broad SMARTS) is 1. The molecule has 2 N–H and O–H groups in total. The number of benzene rings is 1. The van der Waals surface area contributed by atoms with Crippen LogP contribution in [-0.2, 0) is 25.4 Å². The molecule has 1 fully saturated rings. The maximum absolute atomic E-state index is 10.6. The van der Waals surface area contributed by atoms with Crippen LogP contribution in [0.1, 0.15) is 29.9 Å². The van der Waals surface area contributed by atoms with Crippen LogP contribution in [0.25, 0.3) is 22.3 Å². The van der Waals surface area contributed by atoms with Crippen molar-refractivity contribution in [3.05, 3.63) is 60.0 Å². The van der Waals surface area contributed by atoms with E-state index < -0.39 is 12.1 Å². The number of halogens is 3. The minimum Gasteiger partial charge on any atom is -0.475 e. The maximum Gasteiger partial charge on any atom is 0.490 e. The maximum atomic E-state index is 10.6. The first kappa shape index (κ1) is 24.5. The summed E-state index contributed by atoms with van der Waals surface area (Å²) in [6.07, 6.45) is 3.35. The lowest BCUT2D eigenvalue weighted by molar-refractivity contribution is -0.192. The van der Waals surface area contributed by atoms with Gasteiger partial charge in [0.1, 0.15) is 5.69 Å². The average Bonchev–Trinajstić information content (AvgIpc) is 3.53. The van der Waals surface area contributed by atoms with Gasteiger partial charge >= 0.3 is 12.1 Å². The summed E-state index contributed by atoms with van der Waals surface area (Å²) < 4.78 is 35.5. The van der Waals surface area contributed by atoms with Gasteiger partial charge < -0.3 is 10.1 Å². The minimum absolute atomic E-state index is 0.640. The fourth-order valence-electron chi connectivity index (χ4n) is 4.58. The van der Waals surface area contributed by atoms with Crippen LogP contribution in [0.15, 0.2) is 48.9 Å². The van der Waals surface area contributed by atoms with Crippen molar-refractivity contribution in [3.8, 4) is 11.4 Å². The first-order valence-electron chi connectivity index (χ1n) is 11.2. The van der Waals surface area contributed by atoms with Gasteiger partial charge in [0.15, 0.2) is 0 Å². The lowest BCUT2D eigenvalue weighted by atomic mass is 9.87. The van der Waals surface area contributed by atoms with Gasteiger partial charge in [-0.1, -0.05) is 12.1 Å². The number of aliphatic carboxylic acids is 1. The highest BCUT2D eigenvalue weighted by Crippen LogP contribution is 2.33. The van der Waals surface area contributed by atoms with Crippen LogP contribution in [0, 0.1) is 0 Å². The number of hydrogen-bond donors (Lipinski definition) is 2. The normalized spacial score (nSPS) is 15.2. The molecular weight excluding hydrogens is 461 g/mol. The molecule has 186 valence electrons. The van der Waals surface area contributed by atoms with Crippen LogP contribution in [0.4, 0.5) is 13.2 Å². The molecule has 11 heteroatoms. The molecule has 5 rings (SSSR count). The predicted molar refractivity (Wildman–Crippen MR) is 125 cm³/mol. The Hall–Kier alpha value is -3.60. The number of hydrogen-bond acceptors (Lipinski definition) is 4. The molecule has 0 spiro atoms. The summed E-state index contributed by atoms with van der Waals surface area (Å²) in [6, 6.07) is 10.9. The molecule has 0 saturated carbocycles. The standard InChI is InChI=1S/C22H26N6.C2HF3O2/c1-26-14-17(22(25-26)21-7-11-24-27(21)2)15-28-12-8-16(9-13-28)18-4-3-5-20-19(18)6-10-23-20;3-2(4,5)1(6)7/h3-7,10-11,14,16,23H,8-9,12-13,15H2,1-2H3;(H,6,7). The lowest BCUT2D eigenvalue weighted by Gasteiger charge is -2.32. The number of carbonyl (C=O) groups is 1. The Morgan fingerprint density at radius 2 is 1.89 bits per heavy atom. The third-order valence-corrected chi connectivity index (χ3v) is 6.26. The van der Waals surface area contributed by atoms with E-state index in [2.05, 4.69) is 45.4 Å². The zero-order chi connectivity index (χ0) is 25.2. The summed E-state index contributed by atoms with van der Waals surface area (Å²) in [5, 5.41) is 17.5. The van der Waals surface area contributed by atoms with Crippen molar-refractivity contribution < 1.29 is 23.1 Å². The molecule has 4 heterocycles. The Labute approximate surface area is 200 Å². The molecule has 0 unspecified atom stereocenters. The molecule has 1 aliphatic rings. The molecule has 0 radical (unpaired) electrons. The highest BCUT2D eigenvalue weighted by Gasteiger charge is 2.38. The van der Waals surface area contributed by atoms with Crippen molar-refractivity contribution >= 4 is 16.9 Å². The molecule has 0 bridgehead atoms. The first-order chi connectivity index (χ1) is 16.6. The van der Waals surface area contributed by atoms with E-state index in [4.69, 9.17) is 15.0 Å². The molecule has 35 heavy (non-hydrogen) atoms. The zero-order valence-electron chi connectivity index (χ0n) is 19.5. The van der Waals surface area contributed by atoms with E-state index in [1.54, 1.807) is 0 Å². The van der Waals surface area contributed by atoms with Gasteiger partial charge in [-0.15, -0.1) is 0 Å². The van der Waals surface area contributed by atoms with Gasteiger partial charge in [-0.2, -0.15) is 23.4 Å². The monoisotopic (exact) mass is 488 g/mol. The smallest absolute Gasteiger partial charge is 0.475 e. The molecule has 4 aromatic rings. The molecule has 0 atom stereocenters. The number of carboxylic acids is 1. The molecule has 1 aromatic carbocycles. The molecule has 1 aliphatic heterocycles. The Balaban J connectivity index is 0.000000364. The summed E-state index contributed by atoms with van der Waals surface area (Å²) in [5.41, 5.74) is 6.13. The SMILES string of the molecule is Cn1cc(CN2CCC(c3cccc4[nH]ccc34)CC2)c(-c2ccnn2C)n1.O=C(O)C(F)(F)F. The van der Waals surface area contributed by atoms with Crippen LogP contribution in [-0.4, -0.2) is 59.8 Å². The van der Waals surface area contributed by atoms with Crippen molar-refractivity contribution in [2.75, 3.05) is 13.1 Å². The van der Waals surface area contributed by atoms with E-state index in [0.29, 0.717) is 5.92 Å². The van der Waals surface area contributed by atoms with Crippen LogP contribution >= 0.6 is 0 Å². The van der Waals surface area contributed by atoms with Gasteiger partial charge in [0.2, 0.25) is 0 Å². The number of fused-ring (bicyclic) bond motifs is 1. The predicted octanol–water partition coefficient (Wildman–Crippen LogP) is 4.31. The van der Waals surface area contributed by atoms with Gasteiger partial charge in [0, 0.05) is 55.7 Å². The van der Waals surface area contributed by atoms with E-state index in [0.717, 1.165) is 31.0 Å². The second kappa shape index (κ2) is 9.95. The van der Waals surface area contributed by atoms with E-state index in [1.165, 1.54) is 34.9 Å². The molecule has 3 aromatic heterocycles. The number of piperidine rings is 1. The highest BCUT2D eigenvalue weighted by atomic mass is 19.4. The largest absolute Gasteiger partial charge is 0.490 e. The number of rotatable bonds is 4. The molecule has 0 aliphatic carbocycles. The Morgan fingerprint density at radius 3 is 2.51 bits per heavy atom. The number of aryl methyl sites for hydroxylation is 2. The number of H-pyrrole nitrogens is 1. The summed E-state index contributed by atoms with van der Waals surface area (Å²) in [7, 11) is 3.97.